The molecule has 2 aromatic carbocycles. The molecule has 0 spiro atoms. The Labute approximate surface area is 313 Å². The Balaban J connectivity index is 2.26. The predicted octanol–water partition coefficient (Wildman–Crippen LogP) is -7.57. The average Bonchev–Trinajstić information content (AvgIpc) is 3.02. The van der Waals surface area contributed by atoms with Gasteiger partial charge in [-0.25, -0.2) is 31.7 Å². The fourth-order valence-electron chi connectivity index (χ4n) is 4.73. The summed E-state index contributed by atoms with van der Waals surface area (Å²) in [5.41, 5.74) is -2.64. The fourth-order valence-corrected chi connectivity index (χ4v) is 8.71. The number of phosphoric acid groups is 6. The van der Waals surface area contributed by atoms with Crippen molar-refractivity contribution >= 4 is 59.7 Å². The van der Waals surface area contributed by atoms with Crippen molar-refractivity contribution in [1.29, 1.82) is 0 Å². The molecule has 36 heteroatoms. The minimum Gasteiger partial charge on any atom is -0.663 e. The van der Waals surface area contributed by atoms with Crippen molar-refractivity contribution in [3.05, 3.63) is 79.9 Å². The van der Waals surface area contributed by atoms with Crippen LogP contribution in [0.1, 0.15) is 11.1 Å². The Kier molecular flexibility index (Phi) is 16.5. The SMILES string of the molecule is O=[N+]([O-])c1ccccc1COP(=O)(O)O[C@@H]1[C@H](O[P+]([O-])([O-])[O-])[C@@H](O[P+]([O-])([O-])[O-])[C@H](O[P+]([O-])([O-])[O-])[C@@H](OP(=O)(O)O)[C@@H]1O[P+]([O-])([O-])OCc1ccccc1[N+](=O)[O-]. The van der Waals surface area contributed by atoms with Crippen LogP contribution in [0, 0.1) is 20.2 Å². The van der Waals surface area contributed by atoms with E-state index in [1.165, 1.54) is 0 Å². The number of rotatable bonds is 20. The van der Waals surface area contributed by atoms with Crippen molar-refractivity contribution in [3.8, 4) is 0 Å². The molecule has 30 nitrogen and oxygen atoms in total. The third kappa shape index (κ3) is 15.6. The van der Waals surface area contributed by atoms with Crippen molar-refractivity contribution in [2.24, 2.45) is 0 Å². The number of hydrogen-bond acceptors (Lipinski definition) is 25. The summed E-state index contributed by atoms with van der Waals surface area (Å²) in [7, 11) is -39.4. The highest BCUT2D eigenvalue weighted by Crippen LogP contribution is 2.58. The molecule has 1 aliphatic carbocycles. The number of nitro benzene ring substituents is 2. The molecule has 0 saturated heterocycles. The van der Waals surface area contributed by atoms with Gasteiger partial charge in [-0.3, -0.25) is 33.8 Å². The molecule has 2 aromatic rings. The van der Waals surface area contributed by atoms with E-state index in [4.69, 9.17) is 0 Å². The van der Waals surface area contributed by atoms with E-state index in [0.717, 1.165) is 48.5 Å². The largest absolute Gasteiger partial charge is 0.663 e. The second-order valence-corrected chi connectivity index (χ2v) is 17.8. The molecule has 316 valence electrons. The van der Waals surface area contributed by atoms with Crippen molar-refractivity contribution in [2.45, 2.75) is 49.8 Å². The summed E-state index contributed by atoms with van der Waals surface area (Å²) in [6.07, 6.45) is -21.2. The van der Waals surface area contributed by atoms with Gasteiger partial charge in [-0.2, -0.15) is 0 Å². The highest BCUT2D eigenvalue weighted by atomic mass is 31.2. The van der Waals surface area contributed by atoms with Gasteiger partial charge in [0.2, 0.25) is 0 Å². The maximum absolute atomic E-state index is 13.2. The molecule has 0 aromatic heterocycles. The van der Waals surface area contributed by atoms with Crippen LogP contribution in [-0.4, -0.2) is 61.2 Å². The predicted molar refractivity (Wildman–Crippen MR) is 155 cm³/mol. The van der Waals surface area contributed by atoms with Gasteiger partial charge in [0.1, 0.15) is 18.8 Å². The monoisotopic (exact) mass is 923 g/mol. The fraction of sp³-hybridized carbons (Fsp3) is 0.400. The topological polar surface area (TPSA) is 509 Å². The van der Waals surface area contributed by atoms with Crippen LogP contribution in [0.2, 0.25) is 0 Å². The van der Waals surface area contributed by atoms with Gasteiger partial charge in [0.05, 0.1) is 27.6 Å². The summed E-state index contributed by atoms with van der Waals surface area (Å²) in [4.78, 5) is 183. The molecule has 1 saturated carbocycles. The van der Waals surface area contributed by atoms with Crippen LogP contribution < -0.4 is 53.8 Å². The number of para-hydroxylation sites is 2. The molecule has 7 atom stereocenters. The quantitative estimate of drug-likeness (QED) is 0.0631. The van der Waals surface area contributed by atoms with Crippen LogP contribution >= 0.6 is 48.3 Å². The molecule has 1 unspecified atom stereocenters. The summed E-state index contributed by atoms with van der Waals surface area (Å²) in [6.45, 7) is -2.69. The lowest BCUT2D eigenvalue weighted by atomic mass is 9.85. The first-order chi connectivity index (χ1) is 25.4. The lowest BCUT2D eigenvalue weighted by Gasteiger charge is -2.55. The van der Waals surface area contributed by atoms with E-state index >= 15 is 0 Å². The molecule has 0 bridgehead atoms. The van der Waals surface area contributed by atoms with Crippen LogP contribution in [0.5, 0.6) is 0 Å². The zero-order valence-corrected chi connectivity index (χ0v) is 32.0. The summed E-state index contributed by atoms with van der Waals surface area (Å²) in [5, 5.41) is 22.7. The second kappa shape index (κ2) is 18.9. The molecule has 0 heterocycles. The highest BCUT2D eigenvalue weighted by molar-refractivity contribution is 7.51. The van der Waals surface area contributed by atoms with Crippen LogP contribution in [0.4, 0.5) is 11.4 Å². The van der Waals surface area contributed by atoms with Crippen molar-refractivity contribution in [2.75, 3.05) is 0 Å². The molecule has 3 rings (SSSR count). The zero-order chi connectivity index (χ0) is 42.7. The third-order valence-corrected chi connectivity index (χ3v) is 10.5. The smallest absolute Gasteiger partial charge is 0.472 e. The van der Waals surface area contributed by atoms with E-state index in [9.17, 15) is 97.9 Å². The Morgan fingerprint density at radius 1 is 0.554 bits per heavy atom. The van der Waals surface area contributed by atoms with Crippen molar-refractivity contribution < 1.29 is 124 Å². The maximum Gasteiger partial charge on any atom is 0.472 e. The van der Waals surface area contributed by atoms with E-state index in [1.54, 1.807) is 0 Å². The normalized spacial score (nSPS) is 23.8. The third-order valence-electron chi connectivity index (χ3n) is 6.60. The molecule has 0 aliphatic heterocycles. The van der Waals surface area contributed by atoms with E-state index in [1.807, 2.05) is 0 Å². The van der Waals surface area contributed by atoms with Crippen LogP contribution in [0.15, 0.2) is 48.5 Å². The van der Waals surface area contributed by atoms with E-state index in [2.05, 4.69) is 36.2 Å². The number of nitro groups is 2. The van der Waals surface area contributed by atoms with Gasteiger partial charge >= 0.3 is 15.6 Å². The van der Waals surface area contributed by atoms with Gasteiger partial charge in [-0.15, -0.1) is 0 Å². The Morgan fingerprint density at radius 3 is 1.30 bits per heavy atom. The minimum absolute atomic E-state index is 0.520. The van der Waals surface area contributed by atoms with Crippen LogP contribution in [0.3, 0.4) is 0 Å². The number of benzene rings is 2. The standard InChI is InChI=1S/C20H28N2O28P6/c23-21(24)13-7-3-1-5-11(13)9-43-55(39,40)49-19-17(47-53(33,34)35)15(45-51(27,28)29)16(46-52(30,31)32)18(48-54(36,37)38)20(19)50-56(41,42)44-10-12-6-2-4-8-14(12)22(25)26/h1-8,15-20H,9-10H2,(H,39,40)(H,41,42)(H2,27,28,29)(H2,30,31,32)(H2,33,34,35)(H2,36,37,38)/p-7/t15-,16-,17+,18+,19-,20+/m0/s1. The van der Waals surface area contributed by atoms with Gasteiger partial charge in [0.25, 0.3) is 11.4 Å². The number of nitrogens with zero attached hydrogens (tertiary/aromatic N) is 2. The Hall–Kier alpha value is -1.46. The summed E-state index contributed by atoms with van der Waals surface area (Å²) in [5.74, 6) is 0. The Bertz CT molecular complexity index is 1780. The molecule has 3 N–H and O–H groups in total. The number of hydrogen-bond donors (Lipinski definition) is 3. The summed E-state index contributed by atoms with van der Waals surface area (Å²) in [6, 6.07) is 8.06. The molecule has 56 heavy (non-hydrogen) atoms. The molecule has 1 fully saturated rings. The molecule has 0 amide bonds. The van der Waals surface area contributed by atoms with E-state index in [0.29, 0.717) is 0 Å². The molecule has 1 aliphatic rings. The maximum atomic E-state index is 13.2. The van der Waals surface area contributed by atoms with Crippen molar-refractivity contribution in [3.63, 3.8) is 0 Å². The second-order valence-electron chi connectivity index (χ2n) is 10.5. The minimum atomic E-state index is -6.82. The van der Waals surface area contributed by atoms with E-state index in [-0.39, 0.29) is 0 Å². The lowest BCUT2D eigenvalue weighted by molar-refractivity contribution is -0.479. The summed E-state index contributed by atoms with van der Waals surface area (Å²) < 4.78 is 59.9. The first-order valence-corrected chi connectivity index (χ1v) is 22.8. The average molecular weight is 923 g/mol. The van der Waals surface area contributed by atoms with Gasteiger partial charge < -0.3 is 68.5 Å². The first-order valence-electron chi connectivity index (χ1n) is 14.0. The highest BCUT2D eigenvalue weighted by Gasteiger charge is 2.63. The summed E-state index contributed by atoms with van der Waals surface area (Å²) >= 11 is 0. The number of phosphoric ester groups is 6. The Morgan fingerprint density at radius 2 is 0.911 bits per heavy atom. The molecular formula is C20H21N2O28P6-7. The van der Waals surface area contributed by atoms with Gasteiger partial charge in [-0.1, -0.05) is 24.3 Å². The molecular weight excluding hydrogens is 902 g/mol. The van der Waals surface area contributed by atoms with Crippen molar-refractivity contribution in [1.82, 2.24) is 0 Å². The van der Waals surface area contributed by atoms with Gasteiger partial charge in [0, 0.05) is 12.1 Å². The van der Waals surface area contributed by atoms with E-state index < -0.39 is 131 Å². The van der Waals surface area contributed by atoms with Crippen LogP contribution in [-0.2, 0) is 58.5 Å². The van der Waals surface area contributed by atoms with Gasteiger partial charge in [0.15, 0.2) is 32.6 Å². The zero-order valence-electron chi connectivity index (χ0n) is 26.6. The van der Waals surface area contributed by atoms with Gasteiger partial charge in [-0.05, 0) is 36.6 Å². The van der Waals surface area contributed by atoms with Crippen LogP contribution in [0.25, 0.3) is 0 Å². The lowest BCUT2D eigenvalue weighted by Crippen LogP contribution is -2.69. The first kappa shape index (κ1) is 48.9. The molecule has 0 radical (unpaired) electrons.